The zero-order valence-corrected chi connectivity index (χ0v) is 19.1. The zero-order valence-electron chi connectivity index (χ0n) is 19.1. The molecule has 2 aromatic heterocycles. The van der Waals surface area contributed by atoms with Crippen molar-refractivity contribution in [2.45, 2.75) is 57.9 Å². The molecule has 1 aromatic carbocycles. The van der Waals surface area contributed by atoms with Gasteiger partial charge in [0.05, 0.1) is 17.8 Å². The number of hydrogen-bond donors (Lipinski definition) is 1. The fourth-order valence-corrected chi connectivity index (χ4v) is 4.03. The minimum Gasteiger partial charge on any atom is -0.444 e. The fraction of sp³-hybridized carbons (Fsp3) is 0.478. The number of alkyl halides is 3. The Balaban J connectivity index is 1.61. The van der Waals surface area contributed by atoms with Gasteiger partial charge >= 0.3 is 12.3 Å². The van der Waals surface area contributed by atoms with Gasteiger partial charge in [0.1, 0.15) is 16.8 Å². The molecule has 1 aliphatic heterocycles. The molecule has 3 aromatic rings. The van der Waals surface area contributed by atoms with Gasteiger partial charge < -0.3 is 14.6 Å². The number of ether oxygens (including phenoxy) is 1. The predicted molar refractivity (Wildman–Crippen MR) is 118 cm³/mol. The van der Waals surface area contributed by atoms with Gasteiger partial charge in [-0.15, -0.1) is 0 Å². The lowest BCUT2D eigenvalue weighted by Crippen LogP contribution is -2.43. The Morgan fingerprint density at radius 2 is 2.03 bits per heavy atom. The number of H-pyrrole nitrogens is 1. The van der Waals surface area contributed by atoms with Crippen LogP contribution < -0.4 is 5.56 Å². The molecule has 1 aliphatic rings. The molecule has 0 aliphatic carbocycles. The van der Waals surface area contributed by atoms with Crippen molar-refractivity contribution < 1.29 is 22.7 Å². The number of likely N-dealkylation sites (tertiary alicyclic amines) is 1. The Labute approximate surface area is 193 Å². The van der Waals surface area contributed by atoms with E-state index in [4.69, 9.17) is 4.74 Å². The standard InChI is InChI=1S/C23H26F3N5O3/c1-22(2,3)34-21(33)30-9-5-8-16(13-30)31-19-17(12-27-31)20(32)29-18(28-19)11-14-6-4-7-15(10-14)23(24,25)26/h4,6-7,10,12,16H,5,8-9,11,13H2,1-3H3,(H,28,29,32). The topological polar surface area (TPSA) is 93.1 Å². The summed E-state index contributed by atoms with van der Waals surface area (Å²) in [6.45, 7) is 6.31. The maximum absolute atomic E-state index is 13.1. The van der Waals surface area contributed by atoms with Crippen molar-refractivity contribution in [1.82, 2.24) is 24.6 Å². The van der Waals surface area contributed by atoms with E-state index in [0.717, 1.165) is 25.0 Å². The van der Waals surface area contributed by atoms with Gasteiger partial charge in [-0.2, -0.15) is 18.3 Å². The molecule has 182 valence electrons. The number of halogens is 3. The van der Waals surface area contributed by atoms with Crippen molar-refractivity contribution in [1.29, 1.82) is 0 Å². The molecule has 1 fully saturated rings. The molecule has 1 unspecified atom stereocenters. The number of benzene rings is 1. The lowest BCUT2D eigenvalue weighted by atomic mass is 10.1. The summed E-state index contributed by atoms with van der Waals surface area (Å²) in [4.78, 5) is 33.9. The Bertz CT molecular complexity index is 1260. The largest absolute Gasteiger partial charge is 0.444 e. The third-order valence-electron chi connectivity index (χ3n) is 5.53. The SMILES string of the molecule is CC(C)(C)OC(=O)N1CCCC(n2ncc3c(=O)[nH]c(Cc4cccc(C(F)(F)F)c4)nc32)C1. The van der Waals surface area contributed by atoms with Gasteiger partial charge in [-0.3, -0.25) is 4.79 Å². The lowest BCUT2D eigenvalue weighted by Gasteiger charge is -2.34. The van der Waals surface area contributed by atoms with Crippen LogP contribution in [0.2, 0.25) is 0 Å². The summed E-state index contributed by atoms with van der Waals surface area (Å²) in [6.07, 6.45) is -1.97. The number of fused-ring (bicyclic) bond motifs is 1. The maximum atomic E-state index is 13.1. The van der Waals surface area contributed by atoms with Crippen LogP contribution in [-0.4, -0.2) is 49.4 Å². The molecule has 1 saturated heterocycles. The number of rotatable bonds is 3. The third kappa shape index (κ3) is 5.23. The first-order valence-corrected chi connectivity index (χ1v) is 11.0. The van der Waals surface area contributed by atoms with Crippen LogP contribution >= 0.6 is 0 Å². The molecule has 0 radical (unpaired) electrons. The van der Waals surface area contributed by atoms with E-state index in [1.165, 1.54) is 12.3 Å². The number of amides is 1. The Morgan fingerprint density at radius 3 is 2.74 bits per heavy atom. The molecule has 1 amide bonds. The monoisotopic (exact) mass is 477 g/mol. The minimum atomic E-state index is -4.46. The Morgan fingerprint density at radius 1 is 1.26 bits per heavy atom. The highest BCUT2D eigenvalue weighted by Crippen LogP contribution is 2.30. The number of nitrogens with zero attached hydrogens (tertiary/aromatic N) is 4. The van der Waals surface area contributed by atoms with Crippen LogP contribution in [0.15, 0.2) is 35.3 Å². The fourth-order valence-electron chi connectivity index (χ4n) is 4.03. The molecule has 0 saturated carbocycles. The average Bonchev–Trinajstić information content (AvgIpc) is 3.17. The summed E-state index contributed by atoms with van der Waals surface area (Å²) >= 11 is 0. The molecule has 34 heavy (non-hydrogen) atoms. The molecule has 4 rings (SSSR count). The van der Waals surface area contributed by atoms with Crippen molar-refractivity contribution in [3.63, 3.8) is 0 Å². The van der Waals surface area contributed by atoms with Gasteiger partial charge in [-0.05, 0) is 45.2 Å². The number of carbonyl (C=O) groups is 1. The number of hydrogen-bond acceptors (Lipinski definition) is 5. The van der Waals surface area contributed by atoms with E-state index in [-0.39, 0.29) is 23.7 Å². The molecular formula is C23H26F3N5O3. The number of nitrogens with one attached hydrogen (secondary N) is 1. The van der Waals surface area contributed by atoms with Crippen molar-refractivity contribution in [3.05, 3.63) is 57.8 Å². The van der Waals surface area contributed by atoms with Crippen LogP contribution in [0.25, 0.3) is 11.0 Å². The first kappa shape index (κ1) is 23.8. The lowest BCUT2D eigenvalue weighted by molar-refractivity contribution is -0.137. The van der Waals surface area contributed by atoms with E-state index >= 15 is 0 Å². The van der Waals surface area contributed by atoms with Gasteiger partial charge in [0.15, 0.2) is 5.65 Å². The predicted octanol–water partition coefficient (Wildman–Crippen LogP) is 4.30. The number of piperidine rings is 1. The summed E-state index contributed by atoms with van der Waals surface area (Å²) in [5, 5.41) is 4.63. The summed E-state index contributed by atoms with van der Waals surface area (Å²) in [5.41, 5.74) is -1.09. The first-order chi connectivity index (χ1) is 15.9. The molecule has 8 nitrogen and oxygen atoms in total. The molecule has 3 heterocycles. The number of carbonyl (C=O) groups excluding carboxylic acids is 1. The first-order valence-electron chi connectivity index (χ1n) is 11.0. The van der Waals surface area contributed by atoms with Crippen molar-refractivity contribution in [3.8, 4) is 0 Å². The molecular weight excluding hydrogens is 451 g/mol. The number of aromatic amines is 1. The van der Waals surface area contributed by atoms with Crippen LogP contribution in [0.3, 0.4) is 0 Å². The normalized spacial score (nSPS) is 17.2. The van der Waals surface area contributed by atoms with Crippen LogP contribution in [-0.2, 0) is 17.3 Å². The van der Waals surface area contributed by atoms with E-state index in [9.17, 15) is 22.8 Å². The Hall–Kier alpha value is -3.37. The quantitative estimate of drug-likeness (QED) is 0.607. The highest BCUT2D eigenvalue weighted by molar-refractivity contribution is 5.73. The number of aromatic nitrogens is 4. The molecule has 11 heteroatoms. The average molecular weight is 477 g/mol. The second-order valence-corrected chi connectivity index (χ2v) is 9.44. The van der Waals surface area contributed by atoms with E-state index in [2.05, 4.69) is 15.1 Å². The second-order valence-electron chi connectivity index (χ2n) is 9.44. The molecule has 0 spiro atoms. The van der Waals surface area contributed by atoms with Crippen molar-refractivity contribution in [2.24, 2.45) is 0 Å². The highest BCUT2D eigenvalue weighted by atomic mass is 19.4. The highest BCUT2D eigenvalue weighted by Gasteiger charge is 2.31. The van der Waals surface area contributed by atoms with Crippen LogP contribution in [0.4, 0.5) is 18.0 Å². The zero-order chi connectivity index (χ0) is 24.7. The molecule has 1 atom stereocenters. The van der Waals surface area contributed by atoms with Gasteiger partial charge in [0.2, 0.25) is 0 Å². The smallest absolute Gasteiger partial charge is 0.416 e. The van der Waals surface area contributed by atoms with E-state index in [0.29, 0.717) is 24.3 Å². The van der Waals surface area contributed by atoms with Gasteiger partial charge in [0, 0.05) is 19.5 Å². The van der Waals surface area contributed by atoms with Crippen molar-refractivity contribution in [2.75, 3.05) is 13.1 Å². The van der Waals surface area contributed by atoms with Gasteiger partial charge in [-0.1, -0.05) is 18.2 Å². The van der Waals surface area contributed by atoms with Gasteiger partial charge in [0.25, 0.3) is 5.56 Å². The van der Waals surface area contributed by atoms with E-state index in [1.54, 1.807) is 36.4 Å². The Kier molecular flexibility index (Phi) is 6.13. The van der Waals surface area contributed by atoms with Crippen molar-refractivity contribution >= 4 is 17.1 Å². The minimum absolute atomic E-state index is 0.0228. The van der Waals surface area contributed by atoms with E-state index < -0.39 is 29.0 Å². The third-order valence-corrected chi connectivity index (χ3v) is 5.53. The second kappa shape index (κ2) is 8.77. The summed E-state index contributed by atoms with van der Waals surface area (Å²) in [6, 6.07) is 4.70. The summed E-state index contributed by atoms with van der Waals surface area (Å²) < 4.78 is 46.3. The van der Waals surface area contributed by atoms with Gasteiger partial charge in [-0.25, -0.2) is 14.5 Å². The maximum Gasteiger partial charge on any atom is 0.416 e. The molecule has 0 bridgehead atoms. The van der Waals surface area contributed by atoms with Crippen LogP contribution in [0.1, 0.15) is 56.6 Å². The summed E-state index contributed by atoms with van der Waals surface area (Å²) in [7, 11) is 0. The summed E-state index contributed by atoms with van der Waals surface area (Å²) in [5.74, 6) is 0.235. The van der Waals surface area contributed by atoms with Crippen LogP contribution in [0.5, 0.6) is 0 Å². The van der Waals surface area contributed by atoms with E-state index in [1.807, 2.05) is 0 Å². The molecule has 1 N–H and O–H groups in total. The van der Waals surface area contributed by atoms with Crippen LogP contribution in [0, 0.1) is 0 Å².